The number of hydrogen-bond acceptors (Lipinski definition) is 2. The van der Waals surface area contributed by atoms with Crippen LogP contribution in [0.5, 0.6) is 5.75 Å². The lowest BCUT2D eigenvalue weighted by Crippen LogP contribution is -2.21. The average Bonchev–Trinajstić information content (AvgIpc) is 2.40. The topological polar surface area (TPSA) is 26.3 Å². The van der Waals surface area contributed by atoms with E-state index in [0.717, 1.165) is 32.1 Å². The monoisotopic (exact) mass is 326 g/mol. The SMILES string of the molecule is O=S(Oc1ccc(Cl)cc1C1CCCCC1)C(F)(F)F. The van der Waals surface area contributed by atoms with Crippen molar-refractivity contribution in [2.75, 3.05) is 0 Å². The summed E-state index contributed by atoms with van der Waals surface area (Å²) >= 11 is 2.56. The Labute approximate surface area is 122 Å². The highest BCUT2D eigenvalue weighted by molar-refractivity contribution is 7.81. The minimum atomic E-state index is -4.89. The molecule has 0 aliphatic heterocycles. The first-order valence-corrected chi connectivity index (χ1v) is 7.79. The van der Waals surface area contributed by atoms with Crippen LogP contribution in [-0.4, -0.2) is 9.72 Å². The lowest BCUT2D eigenvalue weighted by Gasteiger charge is -2.24. The van der Waals surface area contributed by atoms with Crippen molar-refractivity contribution in [1.29, 1.82) is 0 Å². The van der Waals surface area contributed by atoms with Crippen LogP contribution in [0.2, 0.25) is 5.02 Å². The van der Waals surface area contributed by atoms with Crippen molar-refractivity contribution in [2.24, 2.45) is 0 Å². The van der Waals surface area contributed by atoms with E-state index in [1.807, 2.05) is 0 Å². The highest BCUT2D eigenvalue weighted by Crippen LogP contribution is 2.39. The number of halogens is 4. The second-order valence-electron chi connectivity index (χ2n) is 4.78. The number of benzene rings is 1. The molecule has 2 rings (SSSR count). The molecule has 112 valence electrons. The maximum atomic E-state index is 12.3. The van der Waals surface area contributed by atoms with Gasteiger partial charge in [-0.1, -0.05) is 30.9 Å². The minimum Gasteiger partial charge on any atom is -0.394 e. The molecule has 1 aliphatic carbocycles. The van der Waals surface area contributed by atoms with Crippen LogP contribution in [0.4, 0.5) is 13.2 Å². The van der Waals surface area contributed by atoms with Crippen molar-refractivity contribution in [3.63, 3.8) is 0 Å². The predicted molar refractivity (Wildman–Crippen MR) is 72.1 cm³/mol. The van der Waals surface area contributed by atoms with Crippen molar-refractivity contribution in [3.8, 4) is 5.75 Å². The normalized spacial score (nSPS) is 18.8. The molecule has 0 N–H and O–H groups in total. The van der Waals surface area contributed by atoms with E-state index in [1.54, 1.807) is 6.07 Å². The highest BCUT2D eigenvalue weighted by Gasteiger charge is 2.40. The predicted octanol–water partition coefficient (Wildman–Crippen LogP) is 4.95. The fourth-order valence-electron chi connectivity index (χ4n) is 2.46. The van der Waals surface area contributed by atoms with Gasteiger partial charge in [0.15, 0.2) is 0 Å². The van der Waals surface area contributed by atoms with Crippen LogP contribution in [0.3, 0.4) is 0 Å². The van der Waals surface area contributed by atoms with Crippen LogP contribution in [0.15, 0.2) is 18.2 Å². The molecule has 1 aliphatic rings. The molecule has 0 amide bonds. The van der Waals surface area contributed by atoms with Gasteiger partial charge in [0.2, 0.25) is 0 Å². The van der Waals surface area contributed by atoms with Gasteiger partial charge in [-0.3, -0.25) is 0 Å². The van der Waals surface area contributed by atoms with Crippen LogP contribution in [0.25, 0.3) is 0 Å². The van der Waals surface area contributed by atoms with E-state index in [9.17, 15) is 17.4 Å². The molecule has 1 aromatic carbocycles. The van der Waals surface area contributed by atoms with Crippen molar-refractivity contribution >= 4 is 22.7 Å². The molecule has 2 nitrogen and oxygen atoms in total. The molecule has 1 atom stereocenters. The zero-order chi connectivity index (χ0) is 14.8. The first-order chi connectivity index (χ1) is 9.38. The van der Waals surface area contributed by atoms with E-state index in [-0.39, 0.29) is 11.7 Å². The maximum Gasteiger partial charge on any atom is 0.508 e. The van der Waals surface area contributed by atoms with Crippen LogP contribution >= 0.6 is 11.6 Å². The average molecular weight is 327 g/mol. The van der Waals surface area contributed by atoms with Crippen molar-refractivity contribution < 1.29 is 21.6 Å². The second-order valence-corrected chi connectivity index (χ2v) is 6.32. The Morgan fingerprint density at radius 1 is 1.20 bits per heavy atom. The molecule has 0 bridgehead atoms. The summed E-state index contributed by atoms with van der Waals surface area (Å²) in [5.41, 5.74) is -4.27. The molecule has 1 aromatic rings. The van der Waals surface area contributed by atoms with Crippen LogP contribution < -0.4 is 4.18 Å². The molecule has 0 spiro atoms. The van der Waals surface area contributed by atoms with Crippen molar-refractivity contribution in [1.82, 2.24) is 0 Å². The first kappa shape index (κ1) is 15.6. The molecule has 0 radical (unpaired) electrons. The van der Waals surface area contributed by atoms with Gasteiger partial charge < -0.3 is 4.18 Å². The Morgan fingerprint density at radius 2 is 1.85 bits per heavy atom. The summed E-state index contributed by atoms with van der Waals surface area (Å²) in [6, 6.07) is 4.41. The van der Waals surface area contributed by atoms with Gasteiger partial charge in [-0.05, 0) is 37.0 Å². The van der Waals surface area contributed by atoms with E-state index in [2.05, 4.69) is 4.18 Å². The molecule has 7 heteroatoms. The fourth-order valence-corrected chi connectivity index (χ4v) is 3.05. The largest absolute Gasteiger partial charge is 0.508 e. The zero-order valence-electron chi connectivity index (χ0n) is 10.6. The first-order valence-electron chi connectivity index (χ1n) is 6.34. The molecule has 0 heterocycles. The molecule has 1 unspecified atom stereocenters. The van der Waals surface area contributed by atoms with E-state index in [0.29, 0.717) is 10.6 Å². The van der Waals surface area contributed by atoms with E-state index in [1.165, 1.54) is 12.1 Å². The Bertz CT molecular complexity index is 499. The molecule has 1 saturated carbocycles. The van der Waals surface area contributed by atoms with Crippen LogP contribution in [0, 0.1) is 0 Å². The quantitative estimate of drug-likeness (QED) is 0.785. The minimum absolute atomic E-state index is 0.0111. The van der Waals surface area contributed by atoms with E-state index in [4.69, 9.17) is 11.6 Å². The molecule has 0 saturated heterocycles. The van der Waals surface area contributed by atoms with Crippen molar-refractivity contribution in [3.05, 3.63) is 28.8 Å². The number of hydrogen-bond donors (Lipinski definition) is 0. The van der Waals surface area contributed by atoms with Crippen LogP contribution in [-0.2, 0) is 11.1 Å². The van der Waals surface area contributed by atoms with Gasteiger partial charge in [0.1, 0.15) is 5.75 Å². The lowest BCUT2D eigenvalue weighted by molar-refractivity contribution is -0.0437. The Kier molecular flexibility index (Phi) is 4.96. The summed E-state index contributed by atoms with van der Waals surface area (Å²) in [6.45, 7) is 0. The molecular formula is C13H14ClF3O2S. The number of alkyl halides is 3. The third kappa shape index (κ3) is 3.88. The summed E-state index contributed by atoms with van der Waals surface area (Å²) in [4.78, 5) is 0. The molecule has 0 aromatic heterocycles. The van der Waals surface area contributed by atoms with Crippen molar-refractivity contribution in [2.45, 2.75) is 43.5 Å². The van der Waals surface area contributed by atoms with Crippen LogP contribution in [0.1, 0.15) is 43.6 Å². The van der Waals surface area contributed by atoms with Gasteiger partial charge in [-0.15, -0.1) is 0 Å². The maximum absolute atomic E-state index is 12.3. The fraction of sp³-hybridized carbons (Fsp3) is 0.538. The Hall–Kier alpha value is -0.750. The van der Waals surface area contributed by atoms with E-state index < -0.39 is 16.6 Å². The lowest BCUT2D eigenvalue weighted by atomic mass is 9.84. The standard InChI is InChI=1S/C13H14ClF3O2S/c14-10-6-7-12(19-20(18)13(15,16)17)11(8-10)9-4-2-1-3-5-9/h6-9H,1-5H2. The zero-order valence-corrected chi connectivity index (χ0v) is 12.2. The molecule has 1 fully saturated rings. The highest BCUT2D eigenvalue weighted by atomic mass is 35.5. The smallest absolute Gasteiger partial charge is 0.394 e. The van der Waals surface area contributed by atoms with E-state index >= 15 is 0 Å². The van der Waals surface area contributed by atoms with Gasteiger partial charge in [-0.25, -0.2) is 4.21 Å². The van der Waals surface area contributed by atoms with Gasteiger partial charge in [0, 0.05) is 10.6 Å². The van der Waals surface area contributed by atoms with Gasteiger partial charge in [-0.2, -0.15) is 13.2 Å². The van der Waals surface area contributed by atoms with Gasteiger partial charge in [0.25, 0.3) is 0 Å². The van der Waals surface area contributed by atoms with Gasteiger partial charge in [0.05, 0.1) is 0 Å². The summed E-state index contributed by atoms with van der Waals surface area (Å²) in [7, 11) is 0. The summed E-state index contributed by atoms with van der Waals surface area (Å²) in [6.07, 6.45) is 4.95. The summed E-state index contributed by atoms with van der Waals surface area (Å²) in [5, 5.41) is 0.440. The third-order valence-corrected chi connectivity index (χ3v) is 4.32. The molecular weight excluding hydrogens is 313 g/mol. The Balaban J connectivity index is 2.25. The second kappa shape index (κ2) is 6.35. The number of rotatable bonds is 3. The molecule has 20 heavy (non-hydrogen) atoms. The third-order valence-electron chi connectivity index (χ3n) is 3.37. The summed E-state index contributed by atoms with van der Waals surface area (Å²) < 4.78 is 52.7. The van der Waals surface area contributed by atoms with Gasteiger partial charge >= 0.3 is 16.6 Å². The summed E-state index contributed by atoms with van der Waals surface area (Å²) in [5.74, 6) is 0.125. The Morgan fingerprint density at radius 3 is 2.45 bits per heavy atom.